The lowest BCUT2D eigenvalue weighted by Gasteiger charge is -2.14. The molecular formula is C13H17ClO. The van der Waals surface area contributed by atoms with Crippen LogP contribution in [0.5, 0.6) is 0 Å². The predicted octanol–water partition coefficient (Wildman–Crippen LogP) is 3.98. The molecule has 0 aromatic heterocycles. The van der Waals surface area contributed by atoms with E-state index in [4.69, 9.17) is 11.6 Å². The number of hydrogen-bond donors (Lipinski definition) is 0. The lowest BCUT2D eigenvalue weighted by molar-refractivity contribution is 0.101. The third-order valence-electron chi connectivity index (χ3n) is 2.72. The maximum atomic E-state index is 11.5. The molecule has 0 aliphatic heterocycles. The largest absolute Gasteiger partial charge is 0.294 e. The Balaban J connectivity index is 3.53. The summed E-state index contributed by atoms with van der Waals surface area (Å²) in [5.74, 6) is 0.105. The highest BCUT2D eigenvalue weighted by atomic mass is 35.5. The number of hydrogen-bond acceptors (Lipinski definition) is 1. The van der Waals surface area contributed by atoms with Gasteiger partial charge >= 0.3 is 0 Å². The molecule has 0 saturated carbocycles. The van der Waals surface area contributed by atoms with Gasteiger partial charge in [0.25, 0.3) is 0 Å². The summed E-state index contributed by atoms with van der Waals surface area (Å²) in [7, 11) is 0. The van der Waals surface area contributed by atoms with Gasteiger partial charge in [0.1, 0.15) is 0 Å². The van der Waals surface area contributed by atoms with Gasteiger partial charge in [-0.1, -0.05) is 31.5 Å². The Morgan fingerprint density at radius 2 is 1.93 bits per heavy atom. The molecule has 0 N–H and O–H groups in total. The molecule has 0 fully saturated rings. The van der Waals surface area contributed by atoms with Crippen LogP contribution in [0.1, 0.15) is 47.8 Å². The molecule has 1 aromatic carbocycles. The molecule has 0 spiro atoms. The molecule has 15 heavy (non-hydrogen) atoms. The molecule has 0 heterocycles. The van der Waals surface area contributed by atoms with Gasteiger partial charge in [0.15, 0.2) is 5.78 Å². The van der Waals surface area contributed by atoms with Gasteiger partial charge in [0.05, 0.1) is 0 Å². The summed E-state index contributed by atoms with van der Waals surface area (Å²) in [5, 5.41) is 0.774. The average Bonchev–Trinajstić information content (AvgIpc) is 2.19. The summed E-state index contributed by atoms with van der Waals surface area (Å²) in [4.78, 5) is 11.5. The molecule has 1 nitrogen and oxygen atoms in total. The van der Waals surface area contributed by atoms with Crippen molar-refractivity contribution in [2.45, 2.75) is 40.5 Å². The Bertz CT molecular complexity index is 394. The van der Waals surface area contributed by atoms with E-state index in [-0.39, 0.29) is 5.78 Å². The lowest BCUT2D eigenvalue weighted by Crippen LogP contribution is -2.05. The van der Waals surface area contributed by atoms with Gasteiger partial charge in [-0.25, -0.2) is 0 Å². The summed E-state index contributed by atoms with van der Waals surface area (Å²) in [5.41, 5.74) is 3.98. The lowest BCUT2D eigenvalue weighted by atomic mass is 9.93. The van der Waals surface area contributed by atoms with E-state index in [2.05, 4.69) is 6.92 Å². The van der Waals surface area contributed by atoms with Crippen molar-refractivity contribution >= 4 is 17.4 Å². The number of halogens is 1. The smallest absolute Gasteiger partial charge is 0.160 e. The number of ketones is 1. The highest BCUT2D eigenvalue weighted by Crippen LogP contribution is 2.29. The first-order chi connectivity index (χ1) is 7.02. The second kappa shape index (κ2) is 4.80. The van der Waals surface area contributed by atoms with E-state index in [0.717, 1.165) is 40.1 Å². The number of carbonyl (C=O) groups is 1. The number of aryl methyl sites for hydroxylation is 2. The van der Waals surface area contributed by atoms with Crippen LogP contribution in [-0.2, 0) is 12.8 Å². The predicted molar refractivity (Wildman–Crippen MR) is 64.9 cm³/mol. The first-order valence-electron chi connectivity index (χ1n) is 5.34. The molecule has 0 aliphatic carbocycles. The van der Waals surface area contributed by atoms with Crippen LogP contribution >= 0.6 is 11.6 Å². The van der Waals surface area contributed by atoms with Crippen LogP contribution in [0.3, 0.4) is 0 Å². The van der Waals surface area contributed by atoms with Crippen LogP contribution in [0.25, 0.3) is 0 Å². The SMILES string of the molecule is CCc1cc(C)c(C(C)=O)c(CC)c1Cl. The Labute approximate surface area is 96.5 Å². The minimum Gasteiger partial charge on any atom is -0.294 e. The van der Waals surface area contributed by atoms with Gasteiger partial charge in [-0.05, 0) is 43.4 Å². The molecule has 0 bridgehead atoms. The monoisotopic (exact) mass is 224 g/mol. The van der Waals surface area contributed by atoms with Crippen molar-refractivity contribution in [3.8, 4) is 0 Å². The summed E-state index contributed by atoms with van der Waals surface area (Å²) in [6.07, 6.45) is 1.72. The van der Waals surface area contributed by atoms with Crippen molar-refractivity contribution in [2.75, 3.05) is 0 Å². The van der Waals surface area contributed by atoms with E-state index >= 15 is 0 Å². The quantitative estimate of drug-likeness (QED) is 0.710. The number of carbonyl (C=O) groups excluding carboxylic acids is 1. The second-order valence-corrected chi connectivity index (χ2v) is 4.16. The highest BCUT2D eigenvalue weighted by Gasteiger charge is 2.15. The molecular weight excluding hydrogens is 208 g/mol. The molecule has 1 rings (SSSR count). The van der Waals surface area contributed by atoms with Gasteiger partial charge in [-0.15, -0.1) is 0 Å². The average molecular weight is 225 g/mol. The van der Waals surface area contributed by atoms with Crippen molar-refractivity contribution in [2.24, 2.45) is 0 Å². The van der Waals surface area contributed by atoms with Gasteiger partial charge in [0.2, 0.25) is 0 Å². The Kier molecular flexibility index (Phi) is 3.92. The van der Waals surface area contributed by atoms with Crippen LogP contribution in [0.2, 0.25) is 5.02 Å². The first kappa shape index (κ1) is 12.3. The second-order valence-electron chi connectivity index (χ2n) is 3.78. The molecule has 82 valence electrons. The minimum atomic E-state index is 0.105. The van der Waals surface area contributed by atoms with Crippen LogP contribution < -0.4 is 0 Å². The molecule has 0 saturated heterocycles. The van der Waals surface area contributed by atoms with Crippen LogP contribution in [0, 0.1) is 6.92 Å². The third kappa shape index (κ3) is 2.23. The van der Waals surface area contributed by atoms with Gasteiger partial charge in [0, 0.05) is 10.6 Å². The fourth-order valence-corrected chi connectivity index (χ4v) is 2.43. The van der Waals surface area contributed by atoms with Crippen molar-refractivity contribution in [3.63, 3.8) is 0 Å². The van der Waals surface area contributed by atoms with Crippen molar-refractivity contribution in [1.29, 1.82) is 0 Å². The number of Topliss-reactive ketones (excluding diaryl/α,β-unsaturated/α-hetero) is 1. The molecule has 0 atom stereocenters. The van der Waals surface area contributed by atoms with Crippen LogP contribution in [0.4, 0.5) is 0 Å². The Hall–Kier alpha value is -0.820. The third-order valence-corrected chi connectivity index (χ3v) is 3.19. The molecule has 0 amide bonds. The topological polar surface area (TPSA) is 17.1 Å². The summed E-state index contributed by atoms with van der Waals surface area (Å²) in [6.45, 7) is 7.69. The van der Waals surface area contributed by atoms with E-state index < -0.39 is 0 Å². The van der Waals surface area contributed by atoms with Gasteiger partial charge < -0.3 is 0 Å². The van der Waals surface area contributed by atoms with E-state index in [1.54, 1.807) is 6.92 Å². The van der Waals surface area contributed by atoms with Crippen molar-refractivity contribution in [1.82, 2.24) is 0 Å². The minimum absolute atomic E-state index is 0.105. The molecule has 0 unspecified atom stereocenters. The van der Waals surface area contributed by atoms with E-state index in [1.165, 1.54) is 0 Å². The summed E-state index contributed by atoms with van der Waals surface area (Å²) < 4.78 is 0. The Morgan fingerprint density at radius 1 is 1.33 bits per heavy atom. The zero-order valence-corrected chi connectivity index (χ0v) is 10.5. The number of benzene rings is 1. The van der Waals surface area contributed by atoms with Gasteiger partial charge in [-0.2, -0.15) is 0 Å². The van der Waals surface area contributed by atoms with E-state index in [9.17, 15) is 4.79 Å². The fourth-order valence-electron chi connectivity index (χ4n) is 2.02. The first-order valence-corrected chi connectivity index (χ1v) is 5.72. The molecule has 2 heteroatoms. The molecule has 0 radical (unpaired) electrons. The Morgan fingerprint density at radius 3 is 2.33 bits per heavy atom. The molecule has 0 aliphatic rings. The number of rotatable bonds is 3. The maximum absolute atomic E-state index is 11.5. The van der Waals surface area contributed by atoms with Gasteiger partial charge in [-0.3, -0.25) is 4.79 Å². The highest BCUT2D eigenvalue weighted by molar-refractivity contribution is 6.32. The van der Waals surface area contributed by atoms with Crippen LogP contribution in [0.15, 0.2) is 6.07 Å². The maximum Gasteiger partial charge on any atom is 0.160 e. The summed E-state index contributed by atoms with van der Waals surface area (Å²) in [6, 6.07) is 2.03. The van der Waals surface area contributed by atoms with E-state index in [1.807, 2.05) is 19.9 Å². The normalized spacial score (nSPS) is 10.5. The van der Waals surface area contributed by atoms with E-state index in [0.29, 0.717) is 0 Å². The zero-order valence-electron chi connectivity index (χ0n) is 9.78. The van der Waals surface area contributed by atoms with Crippen molar-refractivity contribution in [3.05, 3.63) is 33.3 Å². The standard InChI is InChI=1S/C13H17ClO/c1-5-10-7-8(3)12(9(4)15)11(6-2)13(10)14/h7H,5-6H2,1-4H3. The summed E-state index contributed by atoms with van der Waals surface area (Å²) >= 11 is 6.28. The fraction of sp³-hybridized carbons (Fsp3) is 0.462. The van der Waals surface area contributed by atoms with Crippen LogP contribution in [-0.4, -0.2) is 5.78 Å². The molecule has 1 aromatic rings. The zero-order chi connectivity index (χ0) is 11.6. The van der Waals surface area contributed by atoms with Crippen molar-refractivity contribution < 1.29 is 4.79 Å².